The molecule has 0 bridgehead atoms. The van der Waals surface area contributed by atoms with Crippen molar-refractivity contribution in [2.75, 3.05) is 7.05 Å². The summed E-state index contributed by atoms with van der Waals surface area (Å²) in [5.74, 6) is -3.72. The van der Waals surface area contributed by atoms with E-state index in [1.165, 1.54) is 7.05 Å². The molecular weight excluding hydrogens is 296 g/mol. The number of likely N-dealkylation sites (N-methyl/N-ethyl adjacent to an activating group) is 1. The monoisotopic (exact) mass is 318 g/mol. The second kappa shape index (κ2) is 8.85. The van der Waals surface area contributed by atoms with E-state index in [0.717, 1.165) is 4.90 Å². The highest BCUT2D eigenvalue weighted by atomic mass is 16.4. The van der Waals surface area contributed by atoms with E-state index in [9.17, 15) is 19.2 Å². The Kier molecular flexibility index (Phi) is 7.92. The number of carbonyl (C=O) groups is 4. The number of amides is 2. The average molecular weight is 318 g/mol. The molecule has 126 valence electrons. The number of carboxylic acids is 3. The molecule has 0 fully saturated rings. The lowest BCUT2D eigenvalue weighted by molar-refractivity contribution is -0.143. The number of urea groups is 1. The first-order valence-corrected chi connectivity index (χ1v) is 6.77. The predicted octanol–water partition coefficient (Wildman–Crippen LogP) is 0.445. The van der Waals surface area contributed by atoms with Crippen LogP contribution in [0.3, 0.4) is 0 Å². The first kappa shape index (κ1) is 19.7. The Morgan fingerprint density at radius 2 is 1.59 bits per heavy atom. The first-order chi connectivity index (χ1) is 10.1. The predicted molar refractivity (Wildman–Crippen MR) is 75.5 cm³/mol. The van der Waals surface area contributed by atoms with Gasteiger partial charge in [-0.2, -0.15) is 0 Å². The average Bonchev–Trinajstić information content (AvgIpc) is 2.36. The van der Waals surface area contributed by atoms with Crippen molar-refractivity contribution in [2.45, 2.75) is 45.2 Å². The minimum absolute atomic E-state index is 0.0222. The van der Waals surface area contributed by atoms with Gasteiger partial charge < -0.3 is 25.5 Å². The summed E-state index contributed by atoms with van der Waals surface area (Å²) in [7, 11) is 1.18. The largest absolute Gasteiger partial charge is 0.481 e. The van der Waals surface area contributed by atoms with Crippen molar-refractivity contribution in [1.82, 2.24) is 10.2 Å². The summed E-state index contributed by atoms with van der Waals surface area (Å²) in [6.45, 7) is 3.58. The highest BCUT2D eigenvalue weighted by Gasteiger charge is 2.30. The molecule has 4 N–H and O–H groups in total. The van der Waals surface area contributed by atoms with E-state index in [1.807, 2.05) is 0 Å². The molecule has 9 heteroatoms. The summed E-state index contributed by atoms with van der Waals surface area (Å²) in [5, 5.41) is 29.0. The standard InChI is InChI=1S/C13H22N2O7/c1-7(2)6-8(11(18)19)14-13(22)15(3)9(12(20)21)4-5-10(16)17/h7-9H,4-6H2,1-3H3,(H,14,22)(H,16,17)(H,18,19)(H,20,21). The molecule has 0 aromatic carbocycles. The van der Waals surface area contributed by atoms with Crippen LogP contribution in [0.1, 0.15) is 33.1 Å². The minimum atomic E-state index is -1.35. The van der Waals surface area contributed by atoms with E-state index in [1.54, 1.807) is 13.8 Å². The normalized spacial score (nSPS) is 13.3. The van der Waals surface area contributed by atoms with Gasteiger partial charge in [-0.15, -0.1) is 0 Å². The molecule has 0 saturated carbocycles. The fourth-order valence-corrected chi connectivity index (χ4v) is 1.83. The zero-order valence-electron chi connectivity index (χ0n) is 12.8. The Labute approximate surface area is 127 Å². The summed E-state index contributed by atoms with van der Waals surface area (Å²) < 4.78 is 0. The lowest BCUT2D eigenvalue weighted by Crippen LogP contribution is -2.52. The van der Waals surface area contributed by atoms with Gasteiger partial charge in [-0.1, -0.05) is 13.8 Å². The Hall–Kier alpha value is -2.32. The van der Waals surface area contributed by atoms with Gasteiger partial charge in [-0.25, -0.2) is 14.4 Å². The van der Waals surface area contributed by atoms with Crippen LogP contribution in [0.4, 0.5) is 4.79 Å². The van der Waals surface area contributed by atoms with Gasteiger partial charge in [0.1, 0.15) is 12.1 Å². The highest BCUT2D eigenvalue weighted by Crippen LogP contribution is 2.09. The molecular formula is C13H22N2O7. The van der Waals surface area contributed by atoms with Gasteiger partial charge >= 0.3 is 23.9 Å². The van der Waals surface area contributed by atoms with E-state index in [0.29, 0.717) is 0 Å². The number of carbonyl (C=O) groups excluding carboxylic acids is 1. The van der Waals surface area contributed by atoms with Gasteiger partial charge in [-0.05, 0) is 18.8 Å². The highest BCUT2D eigenvalue weighted by molar-refractivity contribution is 5.86. The number of hydrogen-bond acceptors (Lipinski definition) is 4. The van der Waals surface area contributed by atoms with E-state index >= 15 is 0 Å². The summed E-state index contributed by atoms with van der Waals surface area (Å²) >= 11 is 0. The number of nitrogens with one attached hydrogen (secondary N) is 1. The summed E-state index contributed by atoms with van der Waals surface area (Å²) in [5.41, 5.74) is 0. The molecule has 2 atom stereocenters. The van der Waals surface area contributed by atoms with Crippen LogP contribution in [0.25, 0.3) is 0 Å². The Bertz CT molecular complexity index is 436. The maximum atomic E-state index is 12.0. The molecule has 22 heavy (non-hydrogen) atoms. The first-order valence-electron chi connectivity index (χ1n) is 6.77. The van der Waals surface area contributed by atoms with Gasteiger partial charge in [-0.3, -0.25) is 4.79 Å². The van der Waals surface area contributed by atoms with Crippen LogP contribution in [0.15, 0.2) is 0 Å². The van der Waals surface area contributed by atoms with E-state index in [-0.39, 0.29) is 18.8 Å². The van der Waals surface area contributed by atoms with Crippen LogP contribution in [-0.2, 0) is 14.4 Å². The van der Waals surface area contributed by atoms with Gasteiger partial charge in [0, 0.05) is 13.5 Å². The minimum Gasteiger partial charge on any atom is -0.481 e. The zero-order valence-corrected chi connectivity index (χ0v) is 12.8. The quantitative estimate of drug-likeness (QED) is 0.483. The van der Waals surface area contributed by atoms with E-state index in [4.69, 9.17) is 15.3 Å². The van der Waals surface area contributed by atoms with Crippen molar-refractivity contribution in [3.8, 4) is 0 Å². The smallest absolute Gasteiger partial charge is 0.326 e. The lowest BCUT2D eigenvalue weighted by Gasteiger charge is -2.27. The van der Waals surface area contributed by atoms with Crippen LogP contribution in [0, 0.1) is 5.92 Å². The fourth-order valence-electron chi connectivity index (χ4n) is 1.83. The van der Waals surface area contributed by atoms with Gasteiger partial charge in [0.2, 0.25) is 0 Å². The number of hydrogen-bond donors (Lipinski definition) is 4. The van der Waals surface area contributed by atoms with Crippen molar-refractivity contribution < 1.29 is 34.5 Å². The van der Waals surface area contributed by atoms with E-state index in [2.05, 4.69) is 5.32 Å². The second-order valence-electron chi connectivity index (χ2n) is 5.37. The number of carboxylic acid groups (broad SMARTS) is 3. The Balaban J connectivity index is 4.86. The Morgan fingerprint density at radius 1 is 1.05 bits per heavy atom. The number of aliphatic carboxylic acids is 3. The molecule has 0 rings (SSSR count). The molecule has 2 amide bonds. The molecule has 0 aliphatic carbocycles. The molecule has 0 heterocycles. The zero-order chi connectivity index (χ0) is 17.4. The van der Waals surface area contributed by atoms with Crippen molar-refractivity contribution >= 4 is 23.9 Å². The van der Waals surface area contributed by atoms with Crippen LogP contribution in [0.5, 0.6) is 0 Å². The van der Waals surface area contributed by atoms with Crippen molar-refractivity contribution in [3.63, 3.8) is 0 Å². The van der Waals surface area contributed by atoms with E-state index < -0.39 is 42.4 Å². The summed E-state index contributed by atoms with van der Waals surface area (Å²) in [6, 6.07) is -3.35. The number of rotatable bonds is 9. The van der Waals surface area contributed by atoms with Crippen LogP contribution < -0.4 is 5.32 Å². The third-order valence-corrected chi connectivity index (χ3v) is 3.01. The fraction of sp³-hybridized carbons (Fsp3) is 0.692. The summed E-state index contributed by atoms with van der Waals surface area (Å²) in [4.78, 5) is 45.5. The third-order valence-electron chi connectivity index (χ3n) is 3.01. The van der Waals surface area contributed by atoms with Crippen molar-refractivity contribution in [1.29, 1.82) is 0 Å². The molecule has 0 saturated heterocycles. The van der Waals surface area contributed by atoms with Crippen LogP contribution in [0.2, 0.25) is 0 Å². The topological polar surface area (TPSA) is 144 Å². The number of nitrogens with zero attached hydrogens (tertiary/aromatic N) is 1. The molecule has 0 aromatic heterocycles. The Morgan fingerprint density at radius 3 is 1.95 bits per heavy atom. The second-order valence-corrected chi connectivity index (χ2v) is 5.37. The molecule has 9 nitrogen and oxygen atoms in total. The summed E-state index contributed by atoms with van der Waals surface area (Å²) in [6.07, 6.45) is -0.485. The van der Waals surface area contributed by atoms with Gasteiger partial charge in [0.05, 0.1) is 0 Å². The molecule has 2 unspecified atom stereocenters. The van der Waals surface area contributed by atoms with Crippen LogP contribution in [-0.4, -0.2) is 63.3 Å². The maximum absolute atomic E-state index is 12.0. The van der Waals surface area contributed by atoms with Crippen LogP contribution >= 0.6 is 0 Å². The van der Waals surface area contributed by atoms with Crippen molar-refractivity contribution in [2.24, 2.45) is 5.92 Å². The van der Waals surface area contributed by atoms with Gasteiger partial charge in [0.25, 0.3) is 0 Å². The molecule has 0 aliphatic rings. The molecule has 0 radical (unpaired) electrons. The lowest BCUT2D eigenvalue weighted by atomic mass is 10.0. The van der Waals surface area contributed by atoms with Crippen molar-refractivity contribution in [3.05, 3.63) is 0 Å². The molecule has 0 aromatic rings. The maximum Gasteiger partial charge on any atom is 0.326 e. The molecule has 0 spiro atoms. The van der Waals surface area contributed by atoms with Gasteiger partial charge in [0.15, 0.2) is 0 Å². The third kappa shape index (κ3) is 6.91. The SMILES string of the molecule is CC(C)CC(NC(=O)N(C)C(CCC(=O)O)C(=O)O)C(=O)O. The molecule has 0 aliphatic heterocycles.